The topological polar surface area (TPSA) is 81.1 Å². The molecule has 2 heterocycles. The van der Waals surface area contributed by atoms with E-state index in [2.05, 4.69) is 20.7 Å². The molecule has 0 aliphatic carbocycles. The van der Waals surface area contributed by atoms with Gasteiger partial charge >= 0.3 is 0 Å². The van der Waals surface area contributed by atoms with Gasteiger partial charge in [0.15, 0.2) is 0 Å². The Labute approximate surface area is 163 Å². The molecule has 0 bridgehead atoms. The third-order valence-electron chi connectivity index (χ3n) is 4.78. The molecule has 1 aliphatic heterocycles. The lowest BCUT2D eigenvalue weighted by Crippen LogP contribution is -2.31. The SMILES string of the molecule is COc1ccccc1C1C(C(=O)Nc2ccc(C)cc2)=C(C)Nc2ncnn21. The van der Waals surface area contributed by atoms with Crippen LogP contribution >= 0.6 is 0 Å². The van der Waals surface area contributed by atoms with Crippen LogP contribution in [0.4, 0.5) is 11.6 Å². The number of benzene rings is 2. The summed E-state index contributed by atoms with van der Waals surface area (Å²) in [7, 11) is 1.62. The van der Waals surface area contributed by atoms with E-state index < -0.39 is 6.04 Å². The third kappa shape index (κ3) is 3.11. The Morgan fingerprint density at radius 1 is 1.14 bits per heavy atom. The lowest BCUT2D eigenvalue weighted by Gasteiger charge is -2.29. The maximum atomic E-state index is 13.3. The summed E-state index contributed by atoms with van der Waals surface area (Å²) < 4.78 is 7.25. The maximum Gasteiger partial charge on any atom is 0.255 e. The van der Waals surface area contributed by atoms with Crippen LogP contribution in [0.25, 0.3) is 0 Å². The van der Waals surface area contributed by atoms with Gasteiger partial charge < -0.3 is 15.4 Å². The van der Waals surface area contributed by atoms with Gasteiger partial charge in [-0.25, -0.2) is 4.68 Å². The molecule has 3 aromatic rings. The number of carbonyl (C=O) groups excluding carboxylic acids is 1. The molecule has 0 saturated heterocycles. The van der Waals surface area contributed by atoms with Crippen LogP contribution in [0, 0.1) is 6.92 Å². The molecule has 7 heteroatoms. The highest BCUT2D eigenvalue weighted by Crippen LogP contribution is 2.38. The summed E-state index contributed by atoms with van der Waals surface area (Å²) in [6.07, 6.45) is 1.47. The molecule has 0 spiro atoms. The Balaban J connectivity index is 1.78. The number of aryl methyl sites for hydroxylation is 1. The Kier molecular flexibility index (Phi) is 4.57. The van der Waals surface area contributed by atoms with Crippen molar-refractivity contribution in [2.45, 2.75) is 19.9 Å². The highest BCUT2D eigenvalue weighted by atomic mass is 16.5. The van der Waals surface area contributed by atoms with Crippen molar-refractivity contribution < 1.29 is 9.53 Å². The van der Waals surface area contributed by atoms with Crippen molar-refractivity contribution in [2.24, 2.45) is 0 Å². The van der Waals surface area contributed by atoms with Crippen molar-refractivity contribution in [1.29, 1.82) is 0 Å². The van der Waals surface area contributed by atoms with E-state index >= 15 is 0 Å². The monoisotopic (exact) mass is 375 g/mol. The molecule has 1 atom stereocenters. The van der Waals surface area contributed by atoms with Crippen LogP contribution in [0.3, 0.4) is 0 Å². The zero-order valence-corrected chi connectivity index (χ0v) is 15.9. The van der Waals surface area contributed by atoms with Gasteiger partial charge in [0.1, 0.15) is 18.1 Å². The fraction of sp³-hybridized carbons (Fsp3) is 0.190. The lowest BCUT2D eigenvalue weighted by molar-refractivity contribution is -0.113. The highest BCUT2D eigenvalue weighted by molar-refractivity contribution is 6.06. The van der Waals surface area contributed by atoms with Crippen molar-refractivity contribution in [3.8, 4) is 5.75 Å². The van der Waals surface area contributed by atoms with Crippen molar-refractivity contribution in [1.82, 2.24) is 14.8 Å². The van der Waals surface area contributed by atoms with Crippen molar-refractivity contribution >= 4 is 17.5 Å². The Bertz CT molecular complexity index is 1050. The lowest BCUT2D eigenvalue weighted by atomic mass is 9.94. The average molecular weight is 375 g/mol. The number of rotatable bonds is 4. The van der Waals surface area contributed by atoms with Crippen molar-refractivity contribution in [3.63, 3.8) is 0 Å². The van der Waals surface area contributed by atoms with Gasteiger partial charge in [0.05, 0.1) is 12.7 Å². The Morgan fingerprint density at radius 2 is 1.89 bits per heavy atom. The first kappa shape index (κ1) is 17.8. The summed E-state index contributed by atoms with van der Waals surface area (Å²) in [4.78, 5) is 17.5. The number of nitrogens with zero attached hydrogens (tertiary/aromatic N) is 3. The largest absolute Gasteiger partial charge is 0.496 e. The second kappa shape index (κ2) is 7.19. The van der Waals surface area contributed by atoms with E-state index in [0.29, 0.717) is 17.3 Å². The van der Waals surface area contributed by atoms with Crippen LogP contribution in [0.2, 0.25) is 0 Å². The Morgan fingerprint density at radius 3 is 2.64 bits per heavy atom. The molecule has 28 heavy (non-hydrogen) atoms. The minimum Gasteiger partial charge on any atom is -0.496 e. The molecule has 2 aromatic carbocycles. The molecule has 1 unspecified atom stereocenters. The van der Waals surface area contributed by atoms with Gasteiger partial charge in [-0.1, -0.05) is 35.9 Å². The average Bonchev–Trinajstić information content (AvgIpc) is 3.16. The first-order valence-corrected chi connectivity index (χ1v) is 8.96. The van der Waals surface area contributed by atoms with Crippen molar-refractivity contribution in [2.75, 3.05) is 17.7 Å². The van der Waals surface area contributed by atoms with Gasteiger partial charge in [0.2, 0.25) is 5.95 Å². The van der Waals surface area contributed by atoms with Crippen LogP contribution < -0.4 is 15.4 Å². The molecule has 7 nitrogen and oxygen atoms in total. The maximum absolute atomic E-state index is 13.3. The van der Waals surface area contributed by atoms with Gasteiger partial charge in [-0.15, -0.1) is 0 Å². The van der Waals surface area contributed by atoms with Crippen molar-refractivity contribution in [3.05, 3.63) is 77.3 Å². The van der Waals surface area contributed by atoms with Crippen LogP contribution in [0.1, 0.15) is 24.1 Å². The van der Waals surface area contributed by atoms with Crippen LogP contribution in [-0.2, 0) is 4.79 Å². The van der Waals surface area contributed by atoms with Crippen LogP contribution in [0.15, 0.2) is 66.1 Å². The highest BCUT2D eigenvalue weighted by Gasteiger charge is 2.35. The van der Waals surface area contributed by atoms with Gasteiger partial charge in [-0.2, -0.15) is 10.1 Å². The number of allylic oxidation sites excluding steroid dienone is 1. The summed E-state index contributed by atoms with van der Waals surface area (Å²) in [5, 5.41) is 10.5. The Hall–Kier alpha value is -3.61. The number of hydrogen-bond acceptors (Lipinski definition) is 5. The molecule has 0 fully saturated rings. The molecule has 0 radical (unpaired) electrons. The smallest absolute Gasteiger partial charge is 0.255 e. The van der Waals surface area contributed by atoms with E-state index in [4.69, 9.17) is 4.74 Å². The predicted molar refractivity (Wildman–Crippen MR) is 107 cm³/mol. The standard InChI is InChI=1S/C21H21N5O2/c1-13-8-10-15(11-9-13)25-20(27)18-14(2)24-21-22-12-23-26(21)19(18)16-6-4-5-7-17(16)28-3/h4-12,19H,1-3H3,(H,25,27)(H,22,23,24). The summed E-state index contributed by atoms with van der Waals surface area (Å²) in [6, 6.07) is 14.9. The van der Waals surface area contributed by atoms with Gasteiger partial charge in [0.25, 0.3) is 5.91 Å². The first-order valence-electron chi connectivity index (χ1n) is 8.96. The predicted octanol–water partition coefficient (Wildman–Crippen LogP) is 3.52. The summed E-state index contributed by atoms with van der Waals surface area (Å²) in [5.74, 6) is 1.07. The van der Waals surface area contributed by atoms with Crippen LogP contribution in [-0.4, -0.2) is 27.8 Å². The number of aromatic nitrogens is 3. The van der Waals surface area contributed by atoms with Crippen LogP contribution in [0.5, 0.6) is 5.75 Å². The van der Waals surface area contributed by atoms with E-state index in [9.17, 15) is 4.79 Å². The molecular formula is C21H21N5O2. The number of amides is 1. The van der Waals surface area contributed by atoms with Gasteiger partial charge in [-0.05, 0) is 32.0 Å². The normalized spacial score (nSPS) is 15.6. The summed E-state index contributed by atoms with van der Waals surface area (Å²) in [5.41, 5.74) is 3.99. The number of ether oxygens (including phenoxy) is 1. The summed E-state index contributed by atoms with van der Waals surface area (Å²) >= 11 is 0. The summed E-state index contributed by atoms with van der Waals surface area (Å²) in [6.45, 7) is 3.87. The number of nitrogens with one attached hydrogen (secondary N) is 2. The minimum atomic E-state index is -0.458. The molecular weight excluding hydrogens is 354 g/mol. The number of hydrogen-bond donors (Lipinski definition) is 2. The molecule has 1 aliphatic rings. The number of carbonyl (C=O) groups is 1. The number of anilines is 2. The quantitative estimate of drug-likeness (QED) is 0.729. The second-order valence-corrected chi connectivity index (χ2v) is 6.66. The molecule has 4 rings (SSSR count). The third-order valence-corrected chi connectivity index (χ3v) is 4.78. The van der Waals surface area contributed by atoms with E-state index in [1.165, 1.54) is 6.33 Å². The van der Waals surface area contributed by atoms with E-state index in [-0.39, 0.29) is 5.91 Å². The van der Waals surface area contributed by atoms with E-state index in [1.54, 1.807) is 11.8 Å². The first-order chi connectivity index (χ1) is 13.6. The molecule has 1 amide bonds. The fourth-order valence-electron chi connectivity index (χ4n) is 3.40. The second-order valence-electron chi connectivity index (χ2n) is 6.66. The number of fused-ring (bicyclic) bond motifs is 1. The number of para-hydroxylation sites is 1. The van der Waals surface area contributed by atoms with Gasteiger partial charge in [-0.3, -0.25) is 4.79 Å². The molecule has 1 aromatic heterocycles. The zero-order chi connectivity index (χ0) is 19.7. The van der Waals surface area contributed by atoms with E-state index in [1.807, 2.05) is 62.4 Å². The molecule has 2 N–H and O–H groups in total. The van der Waals surface area contributed by atoms with E-state index in [0.717, 1.165) is 22.5 Å². The minimum absolute atomic E-state index is 0.203. The number of methoxy groups -OCH3 is 1. The zero-order valence-electron chi connectivity index (χ0n) is 15.9. The molecule has 0 saturated carbocycles. The fourth-order valence-corrected chi connectivity index (χ4v) is 3.40. The van der Waals surface area contributed by atoms with Gasteiger partial charge in [0, 0.05) is 16.9 Å². The molecule has 142 valence electrons.